The average molecular weight is 293 g/mol. The fraction of sp³-hybridized carbons (Fsp3) is 0.647. The van der Waals surface area contributed by atoms with Gasteiger partial charge in [-0.05, 0) is 69.5 Å². The summed E-state index contributed by atoms with van der Waals surface area (Å²) in [4.78, 5) is 2.55. The zero-order valence-electron chi connectivity index (χ0n) is 13.5. The molecule has 0 amide bonds. The number of nitrogens with two attached hydrogens (primary N) is 1. The summed E-state index contributed by atoms with van der Waals surface area (Å²) in [5.74, 6) is 5.72. The normalized spacial score (nSPS) is 21.0. The first-order valence-corrected chi connectivity index (χ1v) is 8.00. The monoisotopic (exact) mass is 293 g/mol. The van der Waals surface area contributed by atoms with Crippen molar-refractivity contribution in [1.82, 2.24) is 10.3 Å². The van der Waals surface area contributed by atoms with Crippen molar-refractivity contribution in [2.45, 2.75) is 58.0 Å². The quantitative estimate of drug-likeness (QED) is 0.646. The van der Waals surface area contributed by atoms with Gasteiger partial charge in [0, 0.05) is 5.54 Å². The molecule has 0 aliphatic carbocycles. The van der Waals surface area contributed by atoms with Crippen LogP contribution >= 0.6 is 0 Å². The van der Waals surface area contributed by atoms with E-state index in [9.17, 15) is 4.39 Å². The number of nitrogens with one attached hydrogen (secondary N) is 1. The second-order valence-electron chi connectivity index (χ2n) is 6.36. The van der Waals surface area contributed by atoms with E-state index in [2.05, 4.69) is 24.2 Å². The minimum absolute atomic E-state index is 0.00111. The molecule has 1 heterocycles. The van der Waals surface area contributed by atoms with E-state index < -0.39 is 0 Å². The highest BCUT2D eigenvalue weighted by Gasteiger charge is 2.39. The molecule has 1 aromatic rings. The molecular weight excluding hydrogens is 265 g/mol. The van der Waals surface area contributed by atoms with E-state index in [0.29, 0.717) is 0 Å². The first-order chi connectivity index (χ1) is 10.0. The van der Waals surface area contributed by atoms with Gasteiger partial charge in [-0.3, -0.25) is 16.2 Å². The van der Waals surface area contributed by atoms with E-state index in [1.54, 1.807) is 6.07 Å². The van der Waals surface area contributed by atoms with Gasteiger partial charge in [0.1, 0.15) is 5.82 Å². The van der Waals surface area contributed by atoms with Gasteiger partial charge in [0.15, 0.2) is 0 Å². The van der Waals surface area contributed by atoms with Crippen LogP contribution in [0.15, 0.2) is 18.2 Å². The van der Waals surface area contributed by atoms with Crippen LogP contribution in [0.4, 0.5) is 4.39 Å². The molecule has 21 heavy (non-hydrogen) atoms. The van der Waals surface area contributed by atoms with Crippen LogP contribution in [0, 0.1) is 12.7 Å². The van der Waals surface area contributed by atoms with Gasteiger partial charge in [-0.2, -0.15) is 0 Å². The molecule has 118 valence electrons. The number of likely N-dealkylation sites (tertiary alicyclic amines) is 1. The molecule has 4 heteroatoms. The third kappa shape index (κ3) is 3.28. The Hall–Kier alpha value is -0.970. The fourth-order valence-electron chi connectivity index (χ4n) is 3.58. The molecule has 0 aromatic heterocycles. The van der Waals surface area contributed by atoms with Crippen LogP contribution in [0.25, 0.3) is 0 Å². The SMILES string of the molecule is CCC(C)(C(NN)c1ccc(F)cc1C)N1CCCCC1. The molecule has 2 atom stereocenters. The van der Waals surface area contributed by atoms with Crippen molar-refractivity contribution >= 4 is 0 Å². The zero-order valence-corrected chi connectivity index (χ0v) is 13.5. The van der Waals surface area contributed by atoms with Gasteiger partial charge in [-0.1, -0.05) is 19.4 Å². The highest BCUT2D eigenvalue weighted by Crippen LogP contribution is 2.36. The smallest absolute Gasteiger partial charge is 0.123 e. The van der Waals surface area contributed by atoms with Crippen LogP contribution in [0.1, 0.15) is 56.7 Å². The summed E-state index contributed by atoms with van der Waals surface area (Å²) in [6.45, 7) is 8.66. The molecule has 1 saturated heterocycles. The van der Waals surface area contributed by atoms with E-state index >= 15 is 0 Å². The lowest BCUT2D eigenvalue weighted by molar-refractivity contribution is 0.0422. The summed E-state index contributed by atoms with van der Waals surface area (Å²) in [7, 11) is 0. The maximum Gasteiger partial charge on any atom is 0.123 e. The summed E-state index contributed by atoms with van der Waals surface area (Å²) >= 11 is 0. The number of hydrazine groups is 1. The molecule has 2 rings (SSSR count). The number of hydrogen-bond donors (Lipinski definition) is 2. The lowest BCUT2D eigenvalue weighted by Crippen LogP contribution is -2.57. The standard InChI is InChI=1S/C17H28FN3/c1-4-17(3,21-10-6-5-7-11-21)16(20-19)15-9-8-14(18)12-13(15)2/h8-9,12,16,20H,4-7,10-11,19H2,1-3H3. The van der Waals surface area contributed by atoms with Gasteiger partial charge < -0.3 is 0 Å². The molecule has 0 spiro atoms. The highest BCUT2D eigenvalue weighted by molar-refractivity contribution is 5.32. The van der Waals surface area contributed by atoms with Crippen LogP contribution in [0.5, 0.6) is 0 Å². The summed E-state index contributed by atoms with van der Waals surface area (Å²) < 4.78 is 13.4. The molecule has 0 saturated carbocycles. The predicted molar refractivity (Wildman–Crippen MR) is 85.3 cm³/mol. The van der Waals surface area contributed by atoms with Gasteiger partial charge in [0.25, 0.3) is 0 Å². The van der Waals surface area contributed by atoms with Crippen molar-refractivity contribution in [3.8, 4) is 0 Å². The third-order valence-corrected chi connectivity index (χ3v) is 5.13. The summed E-state index contributed by atoms with van der Waals surface area (Å²) in [5, 5.41) is 0. The van der Waals surface area contributed by atoms with Crippen LogP contribution in [-0.2, 0) is 0 Å². The second-order valence-corrected chi connectivity index (χ2v) is 6.36. The van der Waals surface area contributed by atoms with E-state index in [1.165, 1.54) is 25.3 Å². The maximum absolute atomic E-state index is 13.4. The van der Waals surface area contributed by atoms with Crippen LogP contribution in [0.3, 0.4) is 0 Å². The molecule has 0 radical (unpaired) electrons. The Morgan fingerprint density at radius 2 is 2.00 bits per heavy atom. The minimum atomic E-state index is -0.191. The second kappa shape index (κ2) is 6.86. The van der Waals surface area contributed by atoms with Crippen LogP contribution in [-0.4, -0.2) is 23.5 Å². The number of aryl methyl sites for hydroxylation is 1. The topological polar surface area (TPSA) is 41.3 Å². The van der Waals surface area contributed by atoms with Crippen molar-refractivity contribution in [2.24, 2.45) is 5.84 Å². The Balaban J connectivity index is 2.35. The van der Waals surface area contributed by atoms with Gasteiger partial charge in [0.2, 0.25) is 0 Å². The van der Waals surface area contributed by atoms with Crippen LogP contribution in [0.2, 0.25) is 0 Å². The lowest BCUT2D eigenvalue weighted by atomic mass is 9.80. The third-order valence-electron chi connectivity index (χ3n) is 5.13. The largest absolute Gasteiger partial charge is 0.296 e. The van der Waals surface area contributed by atoms with Crippen LogP contribution < -0.4 is 11.3 Å². The molecule has 3 nitrogen and oxygen atoms in total. The molecule has 1 aliphatic heterocycles. The lowest BCUT2D eigenvalue weighted by Gasteiger charge is -2.48. The minimum Gasteiger partial charge on any atom is -0.296 e. The van der Waals surface area contributed by atoms with E-state index in [4.69, 9.17) is 5.84 Å². The number of hydrogen-bond acceptors (Lipinski definition) is 3. The summed E-state index contributed by atoms with van der Waals surface area (Å²) in [6.07, 6.45) is 4.80. The molecule has 2 unspecified atom stereocenters. The van der Waals surface area contributed by atoms with Crippen molar-refractivity contribution in [3.05, 3.63) is 35.1 Å². The predicted octanol–water partition coefficient (Wildman–Crippen LogP) is 3.29. The first-order valence-electron chi connectivity index (χ1n) is 8.00. The zero-order chi connectivity index (χ0) is 15.5. The number of rotatable bonds is 5. The number of piperidine rings is 1. The van der Waals surface area contributed by atoms with Gasteiger partial charge in [0.05, 0.1) is 6.04 Å². The maximum atomic E-state index is 13.4. The van der Waals surface area contributed by atoms with Gasteiger partial charge >= 0.3 is 0 Å². The summed E-state index contributed by atoms with van der Waals surface area (Å²) in [5.41, 5.74) is 4.99. The number of halogens is 1. The Kier molecular flexibility index (Phi) is 5.36. The van der Waals surface area contributed by atoms with Crippen molar-refractivity contribution in [3.63, 3.8) is 0 Å². The molecule has 0 bridgehead atoms. The fourth-order valence-corrected chi connectivity index (χ4v) is 3.58. The van der Waals surface area contributed by atoms with Crippen molar-refractivity contribution in [2.75, 3.05) is 13.1 Å². The van der Waals surface area contributed by atoms with Crippen molar-refractivity contribution < 1.29 is 4.39 Å². The Morgan fingerprint density at radius 3 is 2.52 bits per heavy atom. The Labute approximate surface area is 127 Å². The Morgan fingerprint density at radius 1 is 1.33 bits per heavy atom. The van der Waals surface area contributed by atoms with E-state index in [0.717, 1.165) is 30.6 Å². The van der Waals surface area contributed by atoms with Crippen molar-refractivity contribution in [1.29, 1.82) is 0 Å². The molecule has 1 fully saturated rings. The number of nitrogens with zero attached hydrogens (tertiary/aromatic N) is 1. The summed E-state index contributed by atoms with van der Waals surface area (Å²) in [6, 6.07) is 4.99. The van der Waals surface area contributed by atoms with Gasteiger partial charge in [-0.25, -0.2) is 4.39 Å². The molecule has 3 N–H and O–H groups in total. The van der Waals surface area contributed by atoms with E-state index in [-0.39, 0.29) is 17.4 Å². The van der Waals surface area contributed by atoms with Gasteiger partial charge in [-0.15, -0.1) is 0 Å². The molecule has 1 aliphatic rings. The average Bonchev–Trinajstić information content (AvgIpc) is 2.50. The van der Waals surface area contributed by atoms with E-state index in [1.807, 2.05) is 13.0 Å². The Bertz CT molecular complexity index is 471. The molecule has 1 aromatic carbocycles. The highest BCUT2D eigenvalue weighted by atomic mass is 19.1. The first kappa shape index (κ1) is 16.4. The molecular formula is C17H28FN3. The number of benzene rings is 1.